The van der Waals surface area contributed by atoms with Crippen LogP contribution in [-0.4, -0.2) is 16.8 Å². The summed E-state index contributed by atoms with van der Waals surface area (Å²) in [5.41, 5.74) is 0.544. The van der Waals surface area contributed by atoms with Crippen molar-refractivity contribution in [1.29, 1.82) is 0 Å². The quantitative estimate of drug-likeness (QED) is 0.208. The molecule has 6 rings (SSSR count). The summed E-state index contributed by atoms with van der Waals surface area (Å²) in [7, 11) is 0. The Morgan fingerprint density at radius 3 is 2.50 bits per heavy atom. The summed E-state index contributed by atoms with van der Waals surface area (Å²) in [6.45, 7) is 0. The number of pyridine rings is 1. The highest BCUT2D eigenvalue weighted by Crippen LogP contribution is 2.42. The van der Waals surface area contributed by atoms with Crippen LogP contribution in [0.2, 0.25) is 5.02 Å². The van der Waals surface area contributed by atoms with Crippen LogP contribution in [0.25, 0.3) is 22.0 Å². The number of anilines is 1. The van der Waals surface area contributed by atoms with Gasteiger partial charge in [-0.2, -0.15) is 13.2 Å². The lowest BCUT2D eigenvalue weighted by atomic mass is 9.92. The molecule has 2 heterocycles. The Morgan fingerprint density at radius 2 is 1.71 bits per heavy atom. The average molecular weight is 594 g/mol. The molecule has 5 aromatic rings. The standard InChI is InChI=1S/C31H17ClF5N3O2/c32-24-5-4-20(33)14-22(24)28-27-23(30(42)40-28)11-17(15-3-6-25-16(8-15)2-1-7-38-25)12-26(27)39-29(41)18-9-19(31(35,36)37)13-21(34)10-18/h1-14,28H,(H,39,41)(H,40,42). The minimum atomic E-state index is -4.89. The average Bonchev–Trinajstić information content (AvgIpc) is 3.29. The Hall–Kier alpha value is -4.83. The van der Waals surface area contributed by atoms with Crippen LogP contribution in [0.3, 0.4) is 0 Å². The Kier molecular flexibility index (Phi) is 6.65. The van der Waals surface area contributed by atoms with Crippen molar-refractivity contribution in [2.75, 3.05) is 5.32 Å². The van der Waals surface area contributed by atoms with Crippen LogP contribution in [0.1, 0.15) is 43.4 Å². The van der Waals surface area contributed by atoms with Gasteiger partial charge >= 0.3 is 6.18 Å². The number of nitrogens with zero attached hydrogens (tertiary/aromatic N) is 1. The molecule has 2 N–H and O–H groups in total. The van der Waals surface area contributed by atoms with Crippen molar-refractivity contribution < 1.29 is 31.5 Å². The van der Waals surface area contributed by atoms with E-state index in [9.17, 15) is 31.5 Å². The second-order valence-corrected chi connectivity index (χ2v) is 10.1. The molecule has 1 aliphatic heterocycles. The predicted molar refractivity (Wildman–Crippen MR) is 147 cm³/mol. The van der Waals surface area contributed by atoms with Gasteiger partial charge in [-0.05, 0) is 77.9 Å². The van der Waals surface area contributed by atoms with E-state index in [1.54, 1.807) is 36.5 Å². The lowest BCUT2D eigenvalue weighted by Gasteiger charge is -2.19. The first-order chi connectivity index (χ1) is 20.0. The van der Waals surface area contributed by atoms with Crippen LogP contribution in [0.15, 0.2) is 85.1 Å². The Bertz CT molecular complexity index is 1930. The van der Waals surface area contributed by atoms with Gasteiger partial charge in [0.05, 0.1) is 17.1 Å². The summed E-state index contributed by atoms with van der Waals surface area (Å²) in [5, 5.41) is 6.23. The van der Waals surface area contributed by atoms with E-state index in [-0.39, 0.29) is 33.5 Å². The number of amides is 2. The summed E-state index contributed by atoms with van der Waals surface area (Å²) >= 11 is 6.35. The smallest absolute Gasteiger partial charge is 0.341 e. The molecule has 1 aromatic heterocycles. The normalized spacial score (nSPS) is 14.5. The van der Waals surface area contributed by atoms with Crippen LogP contribution in [0.4, 0.5) is 27.6 Å². The molecule has 5 nitrogen and oxygen atoms in total. The number of carbonyl (C=O) groups is 2. The third-order valence-corrected chi connectivity index (χ3v) is 7.27. The molecule has 4 aromatic carbocycles. The topological polar surface area (TPSA) is 71.1 Å². The molecule has 0 fully saturated rings. The molecule has 1 aliphatic rings. The van der Waals surface area contributed by atoms with Gasteiger partial charge in [-0.25, -0.2) is 8.78 Å². The zero-order valence-electron chi connectivity index (χ0n) is 21.2. The highest BCUT2D eigenvalue weighted by Gasteiger charge is 2.36. The SMILES string of the molecule is O=C(Nc1cc(-c2ccc3ncccc3c2)cc2c1C(c1cc(F)ccc1Cl)NC2=O)c1cc(F)cc(C(F)(F)F)c1. The summed E-state index contributed by atoms with van der Waals surface area (Å²) in [6.07, 6.45) is -3.25. The number of fused-ring (bicyclic) bond motifs is 2. The highest BCUT2D eigenvalue weighted by atomic mass is 35.5. The first-order valence-electron chi connectivity index (χ1n) is 12.5. The highest BCUT2D eigenvalue weighted by molar-refractivity contribution is 6.31. The molecule has 1 atom stereocenters. The molecule has 1 unspecified atom stereocenters. The van der Waals surface area contributed by atoms with E-state index >= 15 is 0 Å². The van der Waals surface area contributed by atoms with Crippen LogP contribution in [0, 0.1) is 11.6 Å². The number of benzene rings is 4. The van der Waals surface area contributed by atoms with Gasteiger partial charge < -0.3 is 10.6 Å². The van der Waals surface area contributed by atoms with Crippen molar-refractivity contribution in [2.45, 2.75) is 12.2 Å². The molecular formula is C31H17ClF5N3O2. The van der Waals surface area contributed by atoms with Gasteiger partial charge in [0.15, 0.2) is 0 Å². The minimum Gasteiger partial charge on any atom is -0.341 e. The van der Waals surface area contributed by atoms with Crippen molar-refractivity contribution in [1.82, 2.24) is 10.3 Å². The zero-order valence-corrected chi connectivity index (χ0v) is 21.9. The van der Waals surface area contributed by atoms with E-state index in [1.165, 1.54) is 6.07 Å². The van der Waals surface area contributed by atoms with Gasteiger partial charge in [0.2, 0.25) is 0 Å². The largest absolute Gasteiger partial charge is 0.416 e. The molecule has 0 saturated carbocycles. The maximum atomic E-state index is 14.2. The summed E-state index contributed by atoms with van der Waals surface area (Å²) < 4.78 is 68.3. The maximum absolute atomic E-state index is 14.2. The Labute approximate surface area is 240 Å². The van der Waals surface area contributed by atoms with Gasteiger partial charge in [0.1, 0.15) is 11.6 Å². The first kappa shape index (κ1) is 27.3. The summed E-state index contributed by atoms with van der Waals surface area (Å²) in [5.74, 6) is -3.46. The molecule has 2 amide bonds. The zero-order chi connectivity index (χ0) is 29.8. The van der Waals surface area contributed by atoms with Crippen molar-refractivity contribution in [3.05, 3.63) is 130 Å². The van der Waals surface area contributed by atoms with E-state index < -0.39 is 46.8 Å². The fourth-order valence-electron chi connectivity index (χ4n) is 5.01. The number of halogens is 6. The third-order valence-electron chi connectivity index (χ3n) is 6.93. The van der Waals surface area contributed by atoms with E-state index in [1.807, 2.05) is 12.1 Å². The lowest BCUT2D eigenvalue weighted by Crippen LogP contribution is -2.21. The van der Waals surface area contributed by atoms with Gasteiger partial charge in [0.25, 0.3) is 11.8 Å². The minimum absolute atomic E-state index is 0.0419. The second-order valence-electron chi connectivity index (χ2n) is 9.65. The van der Waals surface area contributed by atoms with Crippen molar-refractivity contribution in [3.8, 4) is 11.1 Å². The summed E-state index contributed by atoms with van der Waals surface area (Å²) in [6, 6.07) is 16.2. The molecule has 0 bridgehead atoms. The fraction of sp³-hybridized carbons (Fsp3) is 0.0645. The van der Waals surface area contributed by atoms with Gasteiger partial charge in [-0.1, -0.05) is 23.7 Å². The van der Waals surface area contributed by atoms with Crippen molar-refractivity contribution in [3.63, 3.8) is 0 Å². The van der Waals surface area contributed by atoms with Crippen LogP contribution >= 0.6 is 11.6 Å². The van der Waals surface area contributed by atoms with E-state index in [4.69, 9.17) is 11.6 Å². The lowest BCUT2D eigenvalue weighted by molar-refractivity contribution is -0.137. The molecule has 0 spiro atoms. The number of rotatable bonds is 4. The molecule has 11 heteroatoms. The molecular weight excluding hydrogens is 577 g/mol. The van der Waals surface area contributed by atoms with Crippen molar-refractivity contribution >= 4 is 40.0 Å². The number of alkyl halides is 3. The molecule has 0 aliphatic carbocycles. The van der Waals surface area contributed by atoms with Crippen LogP contribution in [0.5, 0.6) is 0 Å². The van der Waals surface area contributed by atoms with Crippen molar-refractivity contribution in [2.24, 2.45) is 0 Å². The number of hydrogen-bond acceptors (Lipinski definition) is 3. The van der Waals surface area contributed by atoms with Gasteiger partial charge in [-0.15, -0.1) is 0 Å². The van der Waals surface area contributed by atoms with E-state index in [0.29, 0.717) is 23.3 Å². The third kappa shape index (κ3) is 5.05. The number of hydrogen-bond donors (Lipinski definition) is 2. The molecule has 210 valence electrons. The number of aromatic nitrogens is 1. The van der Waals surface area contributed by atoms with E-state index in [0.717, 1.165) is 23.0 Å². The maximum Gasteiger partial charge on any atom is 0.416 e. The van der Waals surface area contributed by atoms with Gasteiger partial charge in [0, 0.05) is 44.5 Å². The van der Waals surface area contributed by atoms with E-state index in [2.05, 4.69) is 15.6 Å². The summed E-state index contributed by atoms with van der Waals surface area (Å²) in [4.78, 5) is 30.8. The fourth-order valence-corrected chi connectivity index (χ4v) is 5.23. The monoisotopic (exact) mass is 593 g/mol. The Morgan fingerprint density at radius 1 is 0.905 bits per heavy atom. The molecule has 42 heavy (non-hydrogen) atoms. The van der Waals surface area contributed by atoms with Crippen LogP contribution < -0.4 is 10.6 Å². The van der Waals surface area contributed by atoms with Crippen LogP contribution in [-0.2, 0) is 6.18 Å². The molecule has 0 radical (unpaired) electrons. The second kappa shape index (κ2) is 10.2. The molecule has 0 saturated heterocycles. The van der Waals surface area contributed by atoms with Gasteiger partial charge in [-0.3, -0.25) is 14.6 Å². The number of carbonyl (C=O) groups excluding carboxylic acids is 2. The number of nitrogens with one attached hydrogen (secondary N) is 2. The first-order valence-corrected chi connectivity index (χ1v) is 12.8. The predicted octanol–water partition coefficient (Wildman–Crippen LogP) is 7.94. The Balaban J connectivity index is 1.51.